The molecule has 0 saturated carbocycles. The van der Waals surface area contributed by atoms with Gasteiger partial charge in [-0.25, -0.2) is 0 Å². The second kappa shape index (κ2) is 5.96. The Morgan fingerprint density at radius 3 is 3.24 bits per heavy atom. The van der Waals surface area contributed by atoms with E-state index in [2.05, 4.69) is 12.0 Å². The van der Waals surface area contributed by atoms with Gasteiger partial charge in [-0.15, -0.1) is 0 Å². The first kappa shape index (κ1) is 12.3. The molecule has 94 valence electrons. The zero-order valence-electron chi connectivity index (χ0n) is 10.4. The molecule has 1 aliphatic rings. The van der Waals surface area contributed by atoms with E-state index < -0.39 is 0 Å². The fourth-order valence-corrected chi connectivity index (χ4v) is 2.25. The number of hydrogen-bond donors (Lipinski definition) is 0. The number of Topliss-reactive ketones (excluding diaryl/α,β-unsaturated/α-hetero) is 1. The van der Waals surface area contributed by atoms with Crippen molar-refractivity contribution in [2.45, 2.75) is 51.7 Å². The van der Waals surface area contributed by atoms with Gasteiger partial charge in [-0.05, 0) is 31.7 Å². The topological polar surface area (TPSA) is 44.1 Å². The number of rotatable bonds is 6. The minimum atomic E-state index is 0.187. The Bertz CT molecular complexity index is 367. The summed E-state index contributed by atoms with van der Waals surface area (Å²) >= 11 is 0. The van der Waals surface area contributed by atoms with Gasteiger partial charge in [0, 0.05) is 25.8 Å². The van der Waals surface area contributed by atoms with Gasteiger partial charge < -0.3 is 4.74 Å². The lowest BCUT2D eigenvalue weighted by molar-refractivity contribution is 0.0852. The molecule has 1 saturated heterocycles. The lowest BCUT2D eigenvalue weighted by Gasteiger charge is -2.09. The van der Waals surface area contributed by atoms with Crippen molar-refractivity contribution >= 4 is 5.78 Å². The number of carbonyl (C=O) groups is 1. The van der Waals surface area contributed by atoms with E-state index in [0.29, 0.717) is 12.5 Å². The van der Waals surface area contributed by atoms with E-state index in [0.717, 1.165) is 44.5 Å². The molecule has 1 atom stereocenters. The summed E-state index contributed by atoms with van der Waals surface area (Å²) in [5, 5.41) is 4.17. The van der Waals surface area contributed by atoms with Crippen LogP contribution in [0.25, 0.3) is 0 Å². The van der Waals surface area contributed by atoms with Crippen LogP contribution in [-0.4, -0.2) is 28.3 Å². The van der Waals surface area contributed by atoms with Crippen LogP contribution in [0.4, 0.5) is 0 Å². The van der Waals surface area contributed by atoms with E-state index in [1.807, 2.05) is 6.07 Å². The highest BCUT2D eigenvalue weighted by Crippen LogP contribution is 2.18. The maximum Gasteiger partial charge on any atom is 0.180 e. The molecule has 4 nitrogen and oxygen atoms in total. The average Bonchev–Trinajstić information content (AvgIpc) is 2.97. The largest absolute Gasteiger partial charge is 0.378 e. The molecule has 0 N–H and O–H groups in total. The first-order valence-electron chi connectivity index (χ1n) is 6.48. The fourth-order valence-electron chi connectivity index (χ4n) is 2.25. The van der Waals surface area contributed by atoms with E-state index >= 15 is 0 Å². The summed E-state index contributed by atoms with van der Waals surface area (Å²) in [6, 6.07) is 1.81. The first-order valence-corrected chi connectivity index (χ1v) is 6.48. The maximum atomic E-state index is 12.0. The van der Waals surface area contributed by atoms with Gasteiger partial charge in [0.15, 0.2) is 5.78 Å². The second-order valence-electron chi connectivity index (χ2n) is 4.54. The molecule has 1 aromatic rings. The minimum Gasteiger partial charge on any atom is -0.378 e. The number of hydrogen-bond acceptors (Lipinski definition) is 3. The smallest absolute Gasteiger partial charge is 0.180 e. The number of aromatic nitrogens is 2. The first-order chi connectivity index (χ1) is 8.31. The standard InChI is InChI=1S/C13H20N2O2/c1-2-9-15-12(7-8-14-15)13(16)6-5-11-4-3-10-17-11/h7-8,11H,2-6,9-10H2,1H3. The molecule has 17 heavy (non-hydrogen) atoms. The van der Waals surface area contributed by atoms with E-state index in [4.69, 9.17) is 4.74 Å². The third-order valence-corrected chi connectivity index (χ3v) is 3.15. The highest BCUT2D eigenvalue weighted by atomic mass is 16.5. The summed E-state index contributed by atoms with van der Waals surface area (Å²) in [5.74, 6) is 0.187. The Morgan fingerprint density at radius 2 is 2.53 bits per heavy atom. The second-order valence-corrected chi connectivity index (χ2v) is 4.54. The molecule has 1 unspecified atom stereocenters. The van der Waals surface area contributed by atoms with Crippen molar-refractivity contribution in [3.8, 4) is 0 Å². The van der Waals surface area contributed by atoms with E-state index in [1.165, 1.54) is 0 Å². The quantitative estimate of drug-likeness (QED) is 0.712. The SMILES string of the molecule is CCCn1nccc1C(=O)CCC1CCCO1. The number of ether oxygens (including phenoxy) is 1. The molecule has 1 fully saturated rings. The summed E-state index contributed by atoms with van der Waals surface area (Å²) in [5.41, 5.74) is 0.741. The number of aryl methyl sites for hydroxylation is 1. The van der Waals surface area contributed by atoms with Crippen molar-refractivity contribution in [3.05, 3.63) is 18.0 Å². The Labute approximate surface area is 102 Å². The van der Waals surface area contributed by atoms with E-state index in [-0.39, 0.29) is 5.78 Å². The lowest BCUT2D eigenvalue weighted by Crippen LogP contribution is -2.13. The van der Waals surface area contributed by atoms with Gasteiger partial charge in [0.1, 0.15) is 5.69 Å². The number of nitrogens with zero attached hydrogens (tertiary/aromatic N) is 2. The van der Waals surface area contributed by atoms with Crippen molar-refractivity contribution in [3.63, 3.8) is 0 Å². The van der Waals surface area contributed by atoms with Crippen LogP contribution in [0.3, 0.4) is 0 Å². The van der Waals surface area contributed by atoms with Crippen LogP contribution >= 0.6 is 0 Å². The van der Waals surface area contributed by atoms with Crippen molar-refractivity contribution in [1.82, 2.24) is 9.78 Å². The summed E-state index contributed by atoms with van der Waals surface area (Å²) in [4.78, 5) is 12.0. The van der Waals surface area contributed by atoms with Gasteiger partial charge in [-0.3, -0.25) is 9.48 Å². The summed E-state index contributed by atoms with van der Waals surface area (Å²) in [7, 11) is 0. The van der Waals surface area contributed by atoms with Gasteiger partial charge in [-0.2, -0.15) is 5.10 Å². The number of carbonyl (C=O) groups excluding carboxylic acids is 1. The summed E-state index contributed by atoms with van der Waals surface area (Å²) < 4.78 is 7.33. The Kier molecular flexibility index (Phi) is 4.31. The van der Waals surface area contributed by atoms with Gasteiger partial charge in [0.25, 0.3) is 0 Å². The molecule has 0 bridgehead atoms. The zero-order chi connectivity index (χ0) is 12.1. The van der Waals surface area contributed by atoms with Gasteiger partial charge >= 0.3 is 0 Å². The zero-order valence-corrected chi connectivity index (χ0v) is 10.4. The summed E-state index contributed by atoms with van der Waals surface area (Å²) in [6.45, 7) is 3.75. The monoisotopic (exact) mass is 236 g/mol. The minimum absolute atomic E-state index is 0.187. The third kappa shape index (κ3) is 3.16. The Hall–Kier alpha value is -1.16. The molecule has 0 radical (unpaired) electrons. The third-order valence-electron chi connectivity index (χ3n) is 3.15. The molecule has 0 spiro atoms. The van der Waals surface area contributed by atoms with Gasteiger partial charge in [-0.1, -0.05) is 6.92 Å². The predicted molar refractivity (Wildman–Crippen MR) is 65.1 cm³/mol. The molecule has 4 heteroatoms. The van der Waals surface area contributed by atoms with Crippen LogP contribution in [-0.2, 0) is 11.3 Å². The van der Waals surface area contributed by atoms with Crippen LogP contribution in [0.2, 0.25) is 0 Å². The van der Waals surface area contributed by atoms with Crippen molar-refractivity contribution in [2.75, 3.05) is 6.61 Å². The van der Waals surface area contributed by atoms with Crippen LogP contribution < -0.4 is 0 Å². The molecule has 0 aromatic carbocycles. The Morgan fingerprint density at radius 1 is 1.65 bits per heavy atom. The summed E-state index contributed by atoms with van der Waals surface area (Å²) in [6.07, 6.45) is 6.63. The van der Waals surface area contributed by atoms with Crippen LogP contribution in [0, 0.1) is 0 Å². The molecule has 2 heterocycles. The maximum absolute atomic E-state index is 12.0. The van der Waals surface area contributed by atoms with Crippen LogP contribution in [0.1, 0.15) is 49.5 Å². The number of ketones is 1. The molecule has 1 aromatic heterocycles. The highest BCUT2D eigenvalue weighted by Gasteiger charge is 2.18. The van der Waals surface area contributed by atoms with E-state index in [9.17, 15) is 4.79 Å². The molecule has 2 rings (SSSR count). The predicted octanol–water partition coefficient (Wildman–Crippen LogP) is 2.44. The highest BCUT2D eigenvalue weighted by molar-refractivity contribution is 5.94. The van der Waals surface area contributed by atoms with Crippen LogP contribution in [0.15, 0.2) is 12.3 Å². The van der Waals surface area contributed by atoms with E-state index in [1.54, 1.807) is 10.9 Å². The average molecular weight is 236 g/mol. The van der Waals surface area contributed by atoms with Crippen LogP contribution in [0.5, 0.6) is 0 Å². The van der Waals surface area contributed by atoms with Gasteiger partial charge in [0.05, 0.1) is 6.10 Å². The fraction of sp³-hybridized carbons (Fsp3) is 0.692. The molecular formula is C13H20N2O2. The molecule has 1 aliphatic heterocycles. The van der Waals surface area contributed by atoms with Crippen molar-refractivity contribution < 1.29 is 9.53 Å². The normalized spacial score (nSPS) is 19.7. The Balaban J connectivity index is 1.87. The molecule has 0 amide bonds. The van der Waals surface area contributed by atoms with Crippen molar-refractivity contribution in [2.24, 2.45) is 0 Å². The van der Waals surface area contributed by atoms with Gasteiger partial charge in [0.2, 0.25) is 0 Å². The van der Waals surface area contributed by atoms with Crippen molar-refractivity contribution in [1.29, 1.82) is 0 Å². The molecular weight excluding hydrogens is 216 g/mol. The lowest BCUT2D eigenvalue weighted by atomic mass is 10.1. The molecule has 0 aliphatic carbocycles.